The van der Waals surface area contributed by atoms with Crippen LogP contribution in [-0.2, 0) is 4.74 Å². The summed E-state index contributed by atoms with van der Waals surface area (Å²) in [6.07, 6.45) is 11.8. The van der Waals surface area contributed by atoms with E-state index in [1.54, 1.807) is 6.33 Å². The molecule has 4 N–H and O–H groups in total. The van der Waals surface area contributed by atoms with Gasteiger partial charge < -0.3 is 20.7 Å². The molecule has 0 radical (unpaired) electrons. The summed E-state index contributed by atoms with van der Waals surface area (Å²) in [6.45, 7) is 2.45. The van der Waals surface area contributed by atoms with Gasteiger partial charge in [-0.05, 0) is 84.6 Å². The standard InChI is InChI=1S/C27H31N3O3/c1-25-7-6-17-11-19-23(31)24(32)20(28)12-26(19)8-9-27(17,33-26)22(25)5-3-18(25)15-2-4-21-16(10-15)13-29-14-30-21/h2,4,6,10-11,13-14,18,20,22-24,31-32H,3,5,7-9,12,28H2,1H3/t18-,20+,22-,23-,24-,25-,26-,27-/m1/s1. The highest BCUT2D eigenvalue weighted by molar-refractivity contribution is 5.78. The molecule has 2 bridgehead atoms. The van der Waals surface area contributed by atoms with E-state index >= 15 is 0 Å². The van der Waals surface area contributed by atoms with Crippen LogP contribution in [0.15, 0.2) is 54.0 Å². The van der Waals surface area contributed by atoms with Gasteiger partial charge >= 0.3 is 0 Å². The number of ether oxygens (including phenoxy) is 1. The molecule has 8 atom stereocenters. The molecule has 1 saturated heterocycles. The number of nitrogens with zero attached hydrogens (tertiary/aromatic N) is 2. The molecule has 33 heavy (non-hydrogen) atoms. The van der Waals surface area contributed by atoms with E-state index < -0.39 is 23.9 Å². The first-order valence-corrected chi connectivity index (χ1v) is 12.3. The largest absolute Gasteiger partial charge is 0.388 e. The minimum absolute atomic E-state index is 0.0958. The fourth-order valence-electron chi connectivity index (χ4n) is 8.26. The van der Waals surface area contributed by atoms with Crippen molar-refractivity contribution in [3.8, 4) is 0 Å². The van der Waals surface area contributed by atoms with E-state index in [9.17, 15) is 10.2 Å². The van der Waals surface area contributed by atoms with Gasteiger partial charge in [-0.25, -0.2) is 9.97 Å². The fraction of sp³-hybridized carbons (Fsp3) is 0.556. The Morgan fingerprint density at radius 2 is 2.06 bits per heavy atom. The lowest BCUT2D eigenvalue weighted by Crippen LogP contribution is -2.61. The van der Waals surface area contributed by atoms with Crippen molar-refractivity contribution in [1.29, 1.82) is 0 Å². The molecule has 3 fully saturated rings. The molecule has 5 aliphatic rings. The molecule has 2 aliphatic heterocycles. The molecule has 172 valence electrons. The van der Waals surface area contributed by atoms with Gasteiger partial charge in [0.05, 0.1) is 22.8 Å². The Bertz CT molecular complexity index is 1230. The molecule has 7 rings (SSSR count). The first kappa shape index (κ1) is 20.3. The molecule has 1 aromatic carbocycles. The molecule has 2 aromatic rings. The van der Waals surface area contributed by atoms with Gasteiger partial charge in [0.25, 0.3) is 0 Å². The van der Waals surface area contributed by atoms with Crippen LogP contribution in [0.2, 0.25) is 0 Å². The van der Waals surface area contributed by atoms with Crippen LogP contribution in [0.1, 0.15) is 56.9 Å². The van der Waals surface area contributed by atoms with Gasteiger partial charge in [0.15, 0.2) is 0 Å². The van der Waals surface area contributed by atoms with E-state index in [-0.39, 0.29) is 11.0 Å². The van der Waals surface area contributed by atoms with Gasteiger partial charge in [0, 0.05) is 17.6 Å². The smallest absolute Gasteiger partial charge is 0.116 e. The summed E-state index contributed by atoms with van der Waals surface area (Å²) < 4.78 is 7.10. The zero-order valence-corrected chi connectivity index (χ0v) is 18.9. The van der Waals surface area contributed by atoms with Crippen molar-refractivity contribution in [3.63, 3.8) is 0 Å². The second-order valence-electron chi connectivity index (χ2n) is 11.3. The van der Waals surface area contributed by atoms with Gasteiger partial charge in [-0.2, -0.15) is 0 Å². The van der Waals surface area contributed by atoms with Crippen LogP contribution in [-0.4, -0.2) is 49.6 Å². The molecular weight excluding hydrogens is 414 g/mol. The number of aromatic nitrogens is 2. The van der Waals surface area contributed by atoms with Crippen molar-refractivity contribution in [2.75, 3.05) is 0 Å². The van der Waals surface area contributed by atoms with Crippen LogP contribution >= 0.6 is 0 Å². The number of fused-ring (bicyclic) bond motifs is 2. The maximum Gasteiger partial charge on any atom is 0.116 e. The Morgan fingerprint density at radius 3 is 2.94 bits per heavy atom. The van der Waals surface area contributed by atoms with E-state index in [2.05, 4.69) is 47.2 Å². The summed E-state index contributed by atoms with van der Waals surface area (Å²) in [4.78, 5) is 8.61. The van der Waals surface area contributed by atoms with Crippen molar-refractivity contribution in [3.05, 3.63) is 59.6 Å². The van der Waals surface area contributed by atoms with E-state index in [4.69, 9.17) is 10.5 Å². The van der Waals surface area contributed by atoms with Crippen LogP contribution in [0.3, 0.4) is 0 Å². The van der Waals surface area contributed by atoms with E-state index in [0.29, 0.717) is 18.3 Å². The number of allylic oxidation sites excluding steroid dienone is 1. The zero-order valence-electron chi connectivity index (χ0n) is 18.9. The third-order valence-corrected chi connectivity index (χ3v) is 9.84. The topological polar surface area (TPSA) is 101 Å². The van der Waals surface area contributed by atoms with Gasteiger partial charge in [0.2, 0.25) is 0 Å². The van der Waals surface area contributed by atoms with E-state index in [0.717, 1.165) is 48.6 Å². The molecular formula is C27H31N3O3. The van der Waals surface area contributed by atoms with Crippen LogP contribution < -0.4 is 5.73 Å². The summed E-state index contributed by atoms with van der Waals surface area (Å²) in [7, 11) is 0. The highest BCUT2D eigenvalue weighted by Gasteiger charge is 2.67. The van der Waals surface area contributed by atoms with Crippen LogP contribution in [0, 0.1) is 11.3 Å². The van der Waals surface area contributed by atoms with Crippen molar-refractivity contribution in [2.45, 2.75) is 80.8 Å². The molecule has 2 saturated carbocycles. The van der Waals surface area contributed by atoms with Crippen molar-refractivity contribution in [2.24, 2.45) is 17.1 Å². The molecule has 2 spiro atoms. The Balaban J connectivity index is 1.31. The van der Waals surface area contributed by atoms with Gasteiger partial charge in [-0.15, -0.1) is 0 Å². The summed E-state index contributed by atoms with van der Waals surface area (Å²) in [5.41, 5.74) is 9.90. The molecule has 0 unspecified atom stereocenters. The Hall–Kier alpha value is -2.12. The highest BCUT2D eigenvalue weighted by atomic mass is 16.5. The second-order valence-corrected chi connectivity index (χ2v) is 11.3. The fourth-order valence-corrected chi connectivity index (χ4v) is 8.26. The summed E-state index contributed by atoms with van der Waals surface area (Å²) >= 11 is 0. The quantitative estimate of drug-likeness (QED) is 0.623. The maximum absolute atomic E-state index is 10.8. The molecule has 0 amide bonds. The molecule has 3 heterocycles. The number of aliphatic hydroxyl groups is 2. The summed E-state index contributed by atoms with van der Waals surface area (Å²) in [5.74, 6) is 0.862. The predicted molar refractivity (Wildman–Crippen MR) is 124 cm³/mol. The number of aliphatic hydroxyl groups excluding tert-OH is 2. The lowest BCUT2D eigenvalue weighted by molar-refractivity contribution is -0.155. The average Bonchev–Trinajstić information content (AvgIpc) is 3.33. The molecule has 6 nitrogen and oxygen atoms in total. The van der Waals surface area contributed by atoms with Crippen molar-refractivity contribution in [1.82, 2.24) is 9.97 Å². The summed E-state index contributed by atoms with van der Waals surface area (Å²) in [5, 5.41) is 22.4. The lowest BCUT2D eigenvalue weighted by atomic mass is 9.58. The zero-order chi connectivity index (χ0) is 22.6. The van der Waals surface area contributed by atoms with Crippen LogP contribution in [0.5, 0.6) is 0 Å². The number of benzene rings is 1. The van der Waals surface area contributed by atoms with E-state index in [1.807, 2.05) is 6.20 Å². The van der Waals surface area contributed by atoms with Crippen molar-refractivity contribution < 1.29 is 14.9 Å². The third kappa shape index (κ3) is 2.47. The highest BCUT2D eigenvalue weighted by Crippen LogP contribution is 2.69. The normalized spacial score (nSPS) is 45.8. The first-order valence-electron chi connectivity index (χ1n) is 12.3. The SMILES string of the molecule is C[C@]12CC=C3C=C4[C@@H](O)[C@H](O)[C@@H](N)C[C@]45CC[C@]3(O5)[C@@H]1CC[C@@H]2c1ccc2ncncc2c1. The predicted octanol–water partition coefficient (Wildman–Crippen LogP) is 3.14. The van der Waals surface area contributed by atoms with Gasteiger partial charge in [-0.1, -0.05) is 25.1 Å². The minimum Gasteiger partial charge on any atom is -0.388 e. The monoisotopic (exact) mass is 445 g/mol. The van der Waals surface area contributed by atoms with E-state index in [1.165, 1.54) is 11.1 Å². The maximum atomic E-state index is 10.8. The molecule has 6 heteroatoms. The first-order chi connectivity index (χ1) is 15.9. The molecule has 3 aliphatic carbocycles. The van der Waals surface area contributed by atoms with Gasteiger partial charge in [-0.3, -0.25) is 0 Å². The van der Waals surface area contributed by atoms with Crippen molar-refractivity contribution >= 4 is 10.9 Å². The second kappa shape index (κ2) is 6.51. The number of nitrogens with two attached hydrogens (primary N) is 1. The Kier molecular flexibility index (Phi) is 4.00. The molecule has 1 aromatic heterocycles. The summed E-state index contributed by atoms with van der Waals surface area (Å²) in [6, 6.07) is 6.18. The number of rotatable bonds is 1. The lowest BCUT2D eigenvalue weighted by Gasteiger charge is -2.55. The van der Waals surface area contributed by atoms with Gasteiger partial charge in [0.1, 0.15) is 12.4 Å². The number of hydrogen-bond acceptors (Lipinski definition) is 6. The third-order valence-electron chi connectivity index (χ3n) is 9.84. The number of hydrogen-bond donors (Lipinski definition) is 3. The Morgan fingerprint density at radius 1 is 1.18 bits per heavy atom. The van der Waals surface area contributed by atoms with Crippen LogP contribution in [0.25, 0.3) is 10.9 Å². The van der Waals surface area contributed by atoms with Crippen LogP contribution in [0.4, 0.5) is 0 Å². The minimum atomic E-state index is -0.949. The Labute approximate surface area is 193 Å². The average molecular weight is 446 g/mol.